The van der Waals surface area contributed by atoms with Crippen molar-refractivity contribution in [1.29, 1.82) is 0 Å². The molecule has 0 spiro atoms. The first-order valence-corrected chi connectivity index (χ1v) is 9.03. The number of rotatable bonds is 2. The van der Waals surface area contributed by atoms with E-state index in [9.17, 15) is 4.79 Å². The van der Waals surface area contributed by atoms with Crippen molar-refractivity contribution in [2.24, 2.45) is 0 Å². The first-order chi connectivity index (χ1) is 11.9. The lowest BCUT2D eigenvalue weighted by Gasteiger charge is -2.33. The standard InChI is InChI=1S/C18H19Cl2N3OS/c1-21-18(24)23(25)13-5-3-11(4-6-13)15-9-22(2)10-16-14(15)7-12(19)8-17(16)20/h3-8,15,25H,9-10H2,1-2H3,(H,21,24). The highest BCUT2D eigenvalue weighted by Crippen LogP contribution is 2.38. The van der Waals surface area contributed by atoms with E-state index in [0.717, 1.165) is 29.8 Å². The molecule has 2 aromatic carbocycles. The topological polar surface area (TPSA) is 35.6 Å². The van der Waals surface area contributed by atoms with Crippen LogP contribution in [-0.2, 0) is 6.54 Å². The summed E-state index contributed by atoms with van der Waals surface area (Å²) in [6, 6.07) is 11.3. The van der Waals surface area contributed by atoms with Crippen LogP contribution in [0, 0.1) is 0 Å². The predicted molar refractivity (Wildman–Crippen MR) is 107 cm³/mol. The van der Waals surface area contributed by atoms with Gasteiger partial charge in [0.2, 0.25) is 0 Å². The maximum Gasteiger partial charge on any atom is 0.331 e. The van der Waals surface area contributed by atoms with Gasteiger partial charge in [0.15, 0.2) is 0 Å². The summed E-state index contributed by atoms with van der Waals surface area (Å²) < 4.78 is 1.28. The molecule has 0 aromatic heterocycles. The van der Waals surface area contributed by atoms with E-state index in [2.05, 4.69) is 30.1 Å². The zero-order chi connectivity index (χ0) is 18.1. The Hall–Kier alpha value is -1.40. The number of anilines is 1. The molecule has 1 heterocycles. The van der Waals surface area contributed by atoms with E-state index in [-0.39, 0.29) is 11.9 Å². The zero-order valence-electron chi connectivity index (χ0n) is 14.0. The highest BCUT2D eigenvalue weighted by Gasteiger charge is 2.27. The van der Waals surface area contributed by atoms with Crippen LogP contribution in [0.2, 0.25) is 10.0 Å². The van der Waals surface area contributed by atoms with E-state index < -0.39 is 0 Å². The highest BCUT2D eigenvalue weighted by molar-refractivity contribution is 7.82. The number of benzene rings is 2. The smallest absolute Gasteiger partial charge is 0.331 e. The van der Waals surface area contributed by atoms with Gasteiger partial charge >= 0.3 is 6.03 Å². The summed E-state index contributed by atoms with van der Waals surface area (Å²) in [7, 11) is 3.65. The second-order valence-corrected chi connectivity index (χ2v) is 7.41. The van der Waals surface area contributed by atoms with Crippen LogP contribution in [0.3, 0.4) is 0 Å². The van der Waals surface area contributed by atoms with Crippen molar-refractivity contribution < 1.29 is 4.79 Å². The molecule has 1 aliphatic heterocycles. The van der Waals surface area contributed by atoms with E-state index in [1.807, 2.05) is 30.3 Å². The van der Waals surface area contributed by atoms with Crippen LogP contribution in [0.25, 0.3) is 0 Å². The quantitative estimate of drug-likeness (QED) is 0.730. The van der Waals surface area contributed by atoms with Crippen molar-refractivity contribution >= 4 is 47.7 Å². The third kappa shape index (κ3) is 3.75. The average Bonchev–Trinajstić information content (AvgIpc) is 2.60. The van der Waals surface area contributed by atoms with Crippen molar-refractivity contribution in [3.63, 3.8) is 0 Å². The number of halogens is 2. The van der Waals surface area contributed by atoms with E-state index in [1.165, 1.54) is 4.31 Å². The number of nitrogens with one attached hydrogen (secondary N) is 1. The number of urea groups is 1. The lowest BCUT2D eigenvalue weighted by atomic mass is 9.85. The highest BCUT2D eigenvalue weighted by atomic mass is 35.5. The van der Waals surface area contributed by atoms with Crippen LogP contribution in [0.5, 0.6) is 0 Å². The summed E-state index contributed by atoms with van der Waals surface area (Å²) in [4.78, 5) is 13.9. The third-order valence-corrected chi connectivity index (χ3v) is 5.41. The molecule has 3 rings (SSSR count). The van der Waals surface area contributed by atoms with Crippen molar-refractivity contribution in [1.82, 2.24) is 10.2 Å². The number of fused-ring (bicyclic) bond motifs is 1. The van der Waals surface area contributed by atoms with Crippen molar-refractivity contribution in [3.05, 3.63) is 63.1 Å². The molecule has 0 saturated carbocycles. The summed E-state index contributed by atoms with van der Waals surface area (Å²) in [6.07, 6.45) is 0. The molecule has 0 fully saturated rings. The number of amides is 2. The molecule has 0 saturated heterocycles. The number of nitrogens with zero attached hydrogens (tertiary/aromatic N) is 2. The molecule has 0 bridgehead atoms. The minimum atomic E-state index is -0.280. The minimum absolute atomic E-state index is 0.173. The van der Waals surface area contributed by atoms with Crippen LogP contribution in [0.4, 0.5) is 10.5 Å². The molecule has 2 amide bonds. The summed E-state index contributed by atoms with van der Waals surface area (Å²) >= 11 is 16.9. The summed E-state index contributed by atoms with van der Waals surface area (Å²) in [5.41, 5.74) is 4.14. The largest absolute Gasteiger partial charge is 0.340 e. The summed E-state index contributed by atoms with van der Waals surface area (Å²) in [5, 5.41) is 3.90. The van der Waals surface area contributed by atoms with Crippen LogP contribution >= 0.6 is 36.0 Å². The first kappa shape index (κ1) is 18.4. The summed E-state index contributed by atoms with van der Waals surface area (Å²) in [5.74, 6) is 0.173. The normalized spacial score (nSPS) is 17.1. The maximum absolute atomic E-state index is 11.7. The molecule has 1 aliphatic rings. The van der Waals surface area contributed by atoms with Crippen molar-refractivity contribution in [2.75, 3.05) is 24.9 Å². The Kier molecular flexibility index (Phi) is 5.49. The van der Waals surface area contributed by atoms with Gasteiger partial charge in [-0.05, 0) is 48.0 Å². The first-order valence-electron chi connectivity index (χ1n) is 7.87. The fourth-order valence-electron chi connectivity index (χ4n) is 3.20. The number of hydrogen-bond donors (Lipinski definition) is 2. The molecule has 7 heteroatoms. The van der Waals surface area contributed by atoms with Gasteiger partial charge in [0.25, 0.3) is 0 Å². The van der Waals surface area contributed by atoms with Crippen molar-refractivity contribution in [3.8, 4) is 0 Å². The lowest BCUT2D eigenvalue weighted by Crippen LogP contribution is -2.32. The third-order valence-electron chi connectivity index (χ3n) is 4.44. The Morgan fingerprint density at radius 2 is 1.96 bits per heavy atom. The lowest BCUT2D eigenvalue weighted by molar-refractivity contribution is 0.252. The van der Waals surface area contributed by atoms with Gasteiger partial charge in [-0.1, -0.05) is 48.1 Å². The van der Waals surface area contributed by atoms with Gasteiger partial charge in [-0.3, -0.25) is 0 Å². The molecule has 0 aliphatic carbocycles. The fourth-order valence-corrected chi connectivity index (χ4v) is 4.00. The van der Waals surface area contributed by atoms with Gasteiger partial charge in [0, 0.05) is 36.1 Å². The molecule has 132 valence electrons. The molecule has 4 nitrogen and oxygen atoms in total. The van der Waals surface area contributed by atoms with Gasteiger partial charge in [-0.2, -0.15) is 0 Å². The van der Waals surface area contributed by atoms with Crippen LogP contribution in [0.15, 0.2) is 36.4 Å². The Balaban J connectivity index is 1.96. The SMILES string of the molecule is CNC(=O)N(S)c1ccc(C2CN(C)Cc3c(Cl)cc(Cl)cc32)cc1. The molecule has 2 aromatic rings. The zero-order valence-corrected chi connectivity index (χ0v) is 16.4. The second kappa shape index (κ2) is 7.46. The predicted octanol–water partition coefficient (Wildman–Crippen LogP) is 4.56. The van der Waals surface area contributed by atoms with Crippen LogP contribution in [-0.4, -0.2) is 31.6 Å². The van der Waals surface area contributed by atoms with Crippen LogP contribution in [0.1, 0.15) is 22.6 Å². The van der Waals surface area contributed by atoms with E-state index in [4.69, 9.17) is 23.2 Å². The molecule has 1 atom stereocenters. The Bertz CT molecular complexity index is 798. The maximum atomic E-state index is 11.7. The van der Waals surface area contributed by atoms with Crippen LogP contribution < -0.4 is 9.62 Å². The minimum Gasteiger partial charge on any atom is -0.340 e. The number of thiol groups is 1. The van der Waals surface area contributed by atoms with Crippen molar-refractivity contribution in [2.45, 2.75) is 12.5 Å². The molecule has 25 heavy (non-hydrogen) atoms. The van der Waals surface area contributed by atoms with E-state index >= 15 is 0 Å². The van der Waals surface area contributed by atoms with Gasteiger partial charge < -0.3 is 10.2 Å². The number of likely N-dealkylation sites (N-methyl/N-ethyl adjacent to an activating group) is 1. The Morgan fingerprint density at radius 3 is 2.60 bits per heavy atom. The molecular weight excluding hydrogens is 377 g/mol. The van der Waals surface area contributed by atoms with Gasteiger partial charge in [0.05, 0.1) is 5.69 Å². The molecule has 1 unspecified atom stereocenters. The van der Waals surface area contributed by atoms with Gasteiger partial charge in [-0.15, -0.1) is 0 Å². The van der Waals surface area contributed by atoms with E-state index in [0.29, 0.717) is 15.7 Å². The van der Waals surface area contributed by atoms with Gasteiger partial charge in [-0.25, -0.2) is 9.10 Å². The number of carbonyl (C=O) groups is 1. The fraction of sp³-hybridized carbons (Fsp3) is 0.278. The van der Waals surface area contributed by atoms with Gasteiger partial charge in [0.1, 0.15) is 0 Å². The Morgan fingerprint density at radius 1 is 1.28 bits per heavy atom. The molecular formula is C18H19Cl2N3OS. The Labute approximate surface area is 163 Å². The monoisotopic (exact) mass is 395 g/mol. The molecule has 0 radical (unpaired) electrons. The average molecular weight is 396 g/mol. The number of carbonyl (C=O) groups excluding carboxylic acids is 1. The summed E-state index contributed by atoms with van der Waals surface area (Å²) in [6.45, 7) is 1.68. The second-order valence-electron chi connectivity index (χ2n) is 6.16. The van der Waals surface area contributed by atoms with E-state index in [1.54, 1.807) is 13.1 Å². The molecule has 1 N–H and O–H groups in total. The number of hydrogen-bond acceptors (Lipinski definition) is 3.